The number of carbonyl (C=O) groups is 3. The lowest BCUT2D eigenvalue weighted by molar-refractivity contribution is -0.139. The third kappa shape index (κ3) is 7.80. The normalized spacial score (nSPS) is 21.9. The maximum Gasteiger partial charge on any atom is 0.407 e. The van der Waals surface area contributed by atoms with E-state index >= 15 is 8.78 Å². The van der Waals surface area contributed by atoms with Gasteiger partial charge in [-0.25, -0.2) is 14.8 Å². The number of rotatable bonds is 12. The topological polar surface area (TPSA) is 140 Å². The van der Waals surface area contributed by atoms with Crippen LogP contribution in [0.5, 0.6) is 0 Å². The molecule has 2 aromatic heterocycles. The quantitative estimate of drug-likeness (QED) is 0.104. The standard InChI is InChI=1S/C53H60F2N8O4Si/c1-8-61(9-2)47(31-13-11-10-12-14-31)51(65)62-29-68(6,7)28-44(62)48-56-27-43(59-48)34-17-21-38-37-20-16-32(24-39(37)53(54,55)40(38)25-34)33-18-22-41-42(26-33)58-49(57-41)46-35-15-19-36(23-35)63(46)50(64)45(30(3)4)60-52(66)67-5/h10-14,16-18,20-22,24-27,30,35-36,44-47H,8-9,15,19,23,28-29H2,1-7H3,(H,56,59)(H,57,58)(H,60,66)/t35-,36+,44-,45-,46-,47-/m0/s1. The van der Waals surface area contributed by atoms with Crippen molar-refractivity contribution in [1.82, 2.24) is 40.0 Å². The number of benzene rings is 4. The molecule has 2 saturated heterocycles. The monoisotopic (exact) mass is 938 g/mol. The molecule has 15 heteroatoms. The Balaban J connectivity index is 0.902. The molecule has 2 aliphatic heterocycles. The van der Waals surface area contributed by atoms with Crippen molar-refractivity contribution < 1.29 is 27.9 Å². The molecule has 2 bridgehead atoms. The van der Waals surface area contributed by atoms with Crippen LogP contribution in [0.2, 0.25) is 19.1 Å². The fourth-order valence-corrected chi connectivity index (χ4v) is 14.6. The third-order valence-electron chi connectivity index (χ3n) is 15.1. The first-order valence-electron chi connectivity index (χ1n) is 24.1. The van der Waals surface area contributed by atoms with Crippen LogP contribution in [-0.4, -0.2) is 99.1 Å². The number of nitrogens with one attached hydrogen (secondary N) is 3. The number of alkyl halides is 2. The maximum atomic E-state index is 16.8. The molecule has 12 nitrogen and oxygen atoms in total. The van der Waals surface area contributed by atoms with Crippen LogP contribution in [-0.2, 0) is 20.2 Å². The zero-order valence-electron chi connectivity index (χ0n) is 39.8. The number of hydrogen-bond acceptors (Lipinski definition) is 7. The highest BCUT2D eigenvalue weighted by Crippen LogP contribution is 2.54. The van der Waals surface area contributed by atoms with Gasteiger partial charge in [-0.15, -0.1) is 0 Å². The Labute approximate surface area is 396 Å². The van der Waals surface area contributed by atoms with Crippen molar-refractivity contribution in [2.75, 3.05) is 26.4 Å². The summed E-state index contributed by atoms with van der Waals surface area (Å²) in [6.07, 6.45) is 4.51. The van der Waals surface area contributed by atoms with Crippen molar-refractivity contribution in [3.05, 3.63) is 119 Å². The van der Waals surface area contributed by atoms with Gasteiger partial charge in [0.1, 0.15) is 23.7 Å². The largest absolute Gasteiger partial charge is 0.453 e. The first-order valence-corrected chi connectivity index (χ1v) is 27.5. The Morgan fingerprint density at radius 1 is 0.882 bits per heavy atom. The van der Waals surface area contributed by atoms with Crippen molar-refractivity contribution >= 4 is 37.0 Å². The van der Waals surface area contributed by atoms with Gasteiger partial charge >= 0.3 is 6.09 Å². The zero-order chi connectivity index (χ0) is 47.8. The molecule has 3 N–H and O–H groups in total. The fraction of sp³-hybridized carbons (Fsp3) is 0.415. The number of H-pyrrole nitrogens is 2. The van der Waals surface area contributed by atoms with Gasteiger partial charge in [-0.1, -0.05) is 101 Å². The minimum absolute atomic E-state index is 0.0530. The molecule has 3 fully saturated rings. The highest BCUT2D eigenvalue weighted by molar-refractivity contribution is 6.78. The molecular formula is C53H60F2N8O4Si. The molecule has 0 radical (unpaired) electrons. The Bertz CT molecular complexity index is 2910. The van der Waals surface area contributed by atoms with E-state index in [0.29, 0.717) is 45.8 Å². The van der Waals surface area contributed by atoms with E-state index in [1.807, 2.05) is 84.3 Å². The van der Waals surface area contributed by atoms with E-state index in [1.165, 1.54) is 7.11 Å². The van der Waals surface area contributed by atoms with Crippen molar-refractivity contribution in [2.45, 2.75) is 102 Å². The molecule has 10 rings (SSSR count). The minimum atomic E-state index is -3.26. The fourth-order valence-electron chi connectivity index (χ4n) is 11.7. The van der Waals surface area contributed by atoms with Gasteiger partial charge in [0.05, 0.1) is 50.2 Å². The first kappa shape index (κ1) is 45.6. The van der Waals surface area contributed by atoms with E-state index in [-0.39, 0.29) is 52.9 Å². The smallest absolute Gasteiger partial charge is 0.407 e. The SMILES string of the molecule is CCN(CC)[C@H](C(=O)N1C[Si](C)(C)C[C@H]1c1ncc(-c2ccc3c(c2)C(F)(F)c2cc(-c4ccc5nc([C@@H]6[C@H]7CC[C@H](C7)N6C(=O)[C@@H](NC(=O)OC)C(C)C)[nH]c5c4)ccc2-3)[nH]1)c1ccccc1. The molecule has 2 aliphatic carbocycles. The maximum absolute atomic E-state index is 16.8. The molecule has 3 amide bonds. The summed E-state index contributed by atoms with van der Waals surface area (Å²) in [5.74, 6) is -1.92. The summed E-state index contributed by atoms with van der Waals surface area (Å²) in [7, 11) is -0.541. The predicted octanol–water partition coefficient (Wildman–Crippen LogP) is 10.4. The number of halogens is 2. The van der Waals surface area contributed by atoms with E-state index in [4.69, 9.17) is 14.7 Å². The molecule has 68 heavy (non-hydrogen) atoms. The third-order valence-corrected chi connectivity index (χ3v) is 17.8. The van der Waals surface area contributed by atoms with Crippen molar-refractivity contribution in [3.63, 3.8) is 0 Å². The molecule has 0 unspecified atom stereocenters. The summed E-state index contributed by atoms with van der Waals surface area (Å²) in [4.78, 5) is 63.9. The summed E-state index contributed by atoms with van der Waals surface area (Å²) in [6, 6.07) is 25.4. The predicted molar refractivity (Wildman–Crippen MR) is 261 cm³/mol. The number of hydrogen-bond donors (Lipinski definition) is 3. The van der Waals surface area contributed by atoms with Crippen LogP contribution in [0.4, 0.5) is 13.6 Å². The molecule has 6 atom stereocenters. The number of alkyl carbamates (subject to hydrolysis) is 1. The molecule has 0 spiro atoms. The molecule has 354 valence electrons. The summed E-state index contributed by atoms with van der Waals surface area (Å²) >= 11 is 0. The number of imidazole rings is 2. The van der Waals surface area contributed by atoms with Crippen molar-refractivity contribution in [3.8, 4) is 33.5 Å². The number of likely N-dealkylation sites (tertiary alicyclic amines) is 1. The van der Waals surface area contributed by atoms with Gasteiger partial charge in [-0.3, -0.25) is 14.5 Å². The lowest BCUT2D eigenvalue weighted by atomic mass is 9.95. The molecular weight excluding hydrogens is 879 g/mol. The number of amides is 3. The lowest BCUT2D eigenvalue weighted by Gasteiger charge is -2.37. The molecule has 6 aromatic rings. The van der Waals surface area contributed by atoms with Crippen LogP contribution in [0.25, 0.3) is 44.5 Å². The van der Waals surface area contributed by atoms with E-state index in [1.54, 1.807) is 30.5 Å². The van der Waals surface area contributed by atoms with Gasteiger partial charge in [0.15, 0.2) is 0 Å². The van der Waals surface area contributed by atoms with Crippen LogP contribution in [0.1, 0.15) is 93.4 Å². The summed E-state index contributed by atoms with van der Waals surface area (Å²) in [6.45, 7) is 14.0. The summed E-state index contributed by atoms with van der Waals surface area (Å²) in [5.41, 5.74) is 5.93. The number of aromatic amines is 2. The van der Waals surface area contributed by atoms with Crippen LogP contribution < -0.4 is 5.32 Å². The molecule has 1 saturated carbocycles. The average Bonchev–Trinajstić information content (AvgIpc) is 4.21. The van der Waals surface area contributed by atoms with Crippen molar-refractivity contribution in [2.24, 2.45) is 11.8 Å². The number of methoxy groups -OCH3 is 1. The summed E-state index contributed by atoms with van der Waals surface area (Å²) in [5, 5.41) is 2.74. The highest BCUT2D eigenvalue weighted by Gasteiger charge is 2.52. The number of piperidine rings is 1. The first-order chi connectivity index (χ1) is 32.6. The number of fused-ring (bicyclic) bond motifs is 6. The second-order valence-corrected chi connectivity index (χ2v) is 25.3. The summed E-state index contributed by atoms with van der Waals surface area (Å²) < 4.78 is 38.4. The Kier molecular flexibility index (Phi) is 11.7. The second-order valence-electron chi connectivity index (χ2n) is 20.3. The van der Waals surface area contributed by atoms with E-state index < -0.39 is 32.2 Å². The number of ether oxygens (including phenoxy) is 1. The molecule has 4 aromatic carbocycles. The highest BCUT2D eigenvalue weighted by atomic mass is 28.3. The van der Waals surface area contributed by atoms with Gasteiger partial charge < -0.3 is 29.8 Å². The second kappa shape index (κ2) is 17.4. The van der Waals surface area contributed by atoms with Crippen LogP contribution >= 0.6 is 0 Å². The zero-order valence-corrected chi connectivity index (χ0v) is 40.8. The van der Waals surface area contributed by atoms with Gasteiger partial charge in [0.25, 0.3) is 5.92 Å². The van der Waals surface area contributed by atoms with Gasteiger partial charge in [-0.2, -0.15) is 8.78 Å². The van der Waals surface area contributed by atoms with Gasteiger partial charge in [0, 0.05) is 28.9 Å². The van der Waals surface area contributed by atoms with Crippen LogP contribution in [0, 0.1) is 11.8 Å². The Morgan fingerprint density at radius 2 is 1.56 bits per heavy atom. The number of nitrogens with zero attached hydrogens (tertiary/aromatic N) is 5. The van der Waals surface area contributed by atoms with E-state index in [2.05, 4.69) is 47.1 Å². The minimum Gasteiger partial charge on any atom is -0.453 e. The Hall–Kier alpha value is -6.19. The van der Waals surface area contributed by atoms with Crippen LogP contribution in [0.15, 0.2) is 91.1 Å². The van der Waals surface area contributed by atoms with E-state index in [9.17, 15) is 14.4 Å². The van der Waals surface area contributed by atoms with E-state index in [0.717, 1.165) is 60.6 Å². The van der Waals surface area contributed by atoms with Crippen molar-refractivity contribution in [1.29, 1.82) is 0 Å². The molecule has 4 heterocycles. The number of likely N-dealkylation sites (N-methyl/N-ethyl adjacent to an activating group) is 1. The van der Waals surface area contributed by atoms with Crippen LogP contribution in [0.3, 0.4) is 0 Å². The van der Waals surface area contributed by atoms with Gasteiger partial charge in [0.2, 0.25) is 11.8 Å². The lowest BCUT2D eigenvalue weighted by Crippen LogP contribution is -2.54. The van der Waals surface area contributed by atoms with Gasteiger partial charge in [-0.05, 0) is 102 Å². The number of carbonyl (C=O) groups excluding carboxylic acids is 3. The Morgan fingerprint density at radius 3 is 2.25 bits per heavy atom. The molecule has 4 aliphatic rings. The number of aromatic nitrogens is 4. The average molecular weight is 939 g/mol.